The Hall–Kier alpha value is -1.37. The zero-order chi connectivity index (χ0) is 16.2. The van der Waals surface area contributed by atoms with Crippen molar-refractivity contribution in [3.63, 3.8) is 0 Å². The van der Waals surface area contributed by atoms with E-state index in [4.69, 9.17) is 0 Å². The summed E-state index contributed by atoms with van der Waals surface area (Å²) in [6.07, 6.45) is 1.99. The Morgan fingerprint density at radius 1 is 1.00 bits per heavy atom. The normalized spacial score (nSPS) is 11.8. The molecule has 0 unspecified atom stereocenters. The van der Waals surface area contributed by atoms with Gasteiger partial charge in [-0.25, -0.2) is 17.1 Å². The highest BCUT2D eigenvalue weighted by Gasteiger charge is 2.18. The maximum atomic E-state index is 12.9. The molecule has 0 spiro atoms. The van der Waals surface area contributed by atoms with Crippen LogP contribution in [0.15, 0.2) is 53.4 Å². The molecule has 0 saturated carbocycles. The predicted octanol–water partition coefficient (Wildman–Crippen LogP) is 3.51. The van der Waals surface area contributed by atoms with Crippen LogP contribution in [-0.4, -0.2) is 26.0 Å². The van der Waals surface area contributed by atoms with E-state index in [1.54, 1.807) is 18.8 Å². The summed E-state index contributed by atoms with van der Waals surface area (Å²) in [7, 11) is -1.88. The third-order valence-corrected chi connectivity index (χ3v) is 5.82. The molecule has 6 heteroatoms. The summed E-state index contributed by atoms with van der Waals surface area (Å²) in [5.74, 6) is -0.504. The third-order valence-electron chi connectivity index (χ3n) is 3.30. The van der Waals surface area contributed by atoms with Gasteiger partial charge in [-0.15, -0.1) is 11.8 Å². The van der Waals surface area contributed by atoms with Crippen molar-refractivity contribution in [1.29, 1.82) is 0 Å². The fourth-order valence-corrected chi connectivity index (χ4v) is 3.58. The molecule has 0 N–H and O–H groups in total. The van der Waals surface area contributed by atoms with E-state index in [-0.39, 0.29) is 11.6 Å². The Bertz CT molecular complexity index is 713. The van der Waals surface area contributed by atoms with Gasteiger partial charge in [0, 0.05) is 18.5 Å². The van der Waals surface area contributed by atoms with Crippen LogP contribution in [0.5, 0.6) is 0 Å². The quantitative estimate of drug-likeness (QED) is 0.756. The van der Waals surface area contributed by atoms with Crippen molar-refractivity contribution in [2.75, 3.05) is 13.3 Å². The van der Waals surface area contributed by atoms with Crippen molar-refractivity contribution < 1.29 is 12.8 Å². The van der Waals surface area contributed by atoms with E-state index in [0.717, 1.165) is 10.5 Å². The van der Waals surface area contributed by atoms with Gasteiger partial charge >= 0.3 is 0 Å². The second kappa shape index (κ2) is 7.26. The maximum Gasteiger partial charge on any atom is 0.218 e. The Labute approximate surface area is 135 Å². The minimum absolute atomic E-state index is 0.132. The van der Waals surface area contributed by atoms with Crippen LogP contribution in [-0.2, 0) is 22.3 Å². The molecule has 2 aromatic carbocycles. The van der Waals surface area contributed by atoms with Gasteiger partial charge in [0.1, 0.15) is 5.82 Å². The molecule has 0 bridgehead atoms. The van der Waals surface area contributed by atoms with E-state index in [1.165, 1.54) is 28.6 Å². The van der Waals surface area contributed by atoms with E-state index in [9.17, 15) is 12.8 Å². The summed E-state index contributed by atoms with van der Waals surface area (Å²) in [6.45, 7) is 0.318. The van der Waals surface area contributed by atoms with E-state index < -0.39 is 10.0 Å². The molecule has 0 fully saturated rings. The summed E-state index contributed by atoms with van der Waals surface area (Å²) in [6, 6.07) is 13.3. The fourth-order valence-electron chi connectivity index (χ4n) is 1.99. The van der Waals surface area contributed by atoms with Crippen LogP contribution in [0.25, 0.3) is 0 Å². The molecule has 0 saturated heterocycles. The molecule has 118 valence electrons. The van der Waals surface area contributed by atoms with Crippen molar-refractivity contribution in [2.24, 2.45) is 0 Å². The van der Waals surface area contributed by atoms with E-state index in [0.29, 0.717) is 12.1 Å². The molecule has 0 aliphatic heterocycles. The highest BCUT2D eigenvalue weighted by atomic mass is 32.2. The third kappa shape index (κ3) is 4.56. The minimum Gasteiger partial charge on any atom is -0.212 e. The molecule has 0 heterocycles. The molecule has 22 heavy (non-hydrogen) atoms. The van der Waals surface area contributed by atoms with Crippen LogP contribution in [0.4, 0.5) is 4.39 Å². The zero-order valence-electron chi connectivity index (χ0n) is 12.5. The van der Waals surface area contributed by atoms with Gasteiger partial charge in [-0.05, 0) is 41.6 Å². The molecule has 0 aliphatic carbocycles. The summed E-state index contributed by atoms with van der Waals surface area (Å²) in [5, 5.41) is 0. The monoisotopic (exact) mass is 339 g/mol. The lowest BCUT2D eigenvalue weighted by Gasteiger charge is -2.17. The SMILES string of the molecule is CSc1ccc(CN(C)S(=O)(=O)Cc2ccc(F)cc2)cc1. The standard InChI is InChI=1S/C16H18FNO2S2/c1-18(11-13-5-9-16(21-2)10-6-13)22(19,20)12-14-3-7-15(17)8-4-14/h3-10H,11-12H2,1-2H3. The van der Waals surface area contributed by atoms with E-state index in [1.807, 2.05) is 30.5 Å². The van der Waals surface area contributed by atoms with Crippen LogP contribution < -0.4 is 0 Å². The molecule has 2 rings (SSSR count). The van der Waals surface area contributed by atoms with Crippen molar-refractivity contribution in [3.05, 3.63) is 65.5 Å². The molecular formula is C16H18FNO2S2. The molecular weight excluding hydrogens is 321 g/mol. The van der Waals surface area contributed by atoms with Crippen LogP contribution in [0.2, 0.25) is 0 Å². The lowest BCUT2D eigenvalue weighted by Crippen LogP contribution is -2.27. The highest BCUT2D eigenvalue weighted by molar-refractivity contribution is 7.98. The van der Waals surface area contributed by atoms with Gasteiger partial charge in [0.05, 0.1) is 5.75 Å². The average molecular weight is 339 g/mol. The second-order valence-corrected chi connectivity index (χ2v) is 7.94. The van der Waals surface area contributed by atoms with Crippen LogP contribution in [0, 0.1) is 5.82 Å². The predicted molar refractivity (Wildman–Crippen MR) is 88.7 cm³/mol. The molecule has 3 nitrogen and oxygen atoms in total. The van der Waals surface area contributed by atoms with Gasteiger partial charge in [-0.2, -0.15) is 0 Å². The lowest BCUT2D eigenvalue weighted by molar-refractivity contribution is 0.465. The number of thioether (sulfide) groups is 1. The maximum absolute atomic E-state index is 12.9. The molecule has 0 amide bonds. The number of halogens is 1. The first-order chi connectivity index (χ1) is 10.4. The van der Waals surface area contributed by atoms with Gasteiger partial charge in [-0.3, -0.25) is 0 Å². The number of hydrogen-bond donors (Lipinski definition) is 0. The molecule has 0 radical (unpaired) electrons. The Morgan fingerprint density at radius 3 is 2.09 bits per heavy atom. The minimum atomic E-state index is -3.43. The van der Waals surface area contributed by atoms with Crippen LogP contribution >= 0.6 is 11.8 Å². The molecule has 0 aliphatic rings. The van der Waals surface area contributed by atoms with Crippen molar-refractivity contribution in [3.8, 4) is 0 Å². The second-order valence-electron chi connectivity index (χ2n) is 4.99. The number of rotatable bonds is 6. The highest BCUT2D eigenvalue weighted by Crippen LogP contribution is 2.17. The Balaban J connectivity index is 2.05. The Morgan fingerprint density at radius 2 is 1.55 bits per heavy atom. The van der Waals surface area contributed by atoms with Crippen LogP contribution in [0.3, 0.4) is 0 Å². The van der Waals surface area contributed by atoms with E-state index >= 15 is 0 Å². The van der Waals surface area contributed by atoms with Gasteiger partial charge in [0.15, 0.2) is 0 Å². The first-order valence-corrected chi connectivity index (χ1v) is 9.55. The van der Waals surface area contributed by atoms with Crippen LogP contribution in [0.1, 0.15) is 11.1 Å². The van der Waals surface area contributed by atoms with Crippen molar-refractivity contribution in [1.82, 2.24) is 4.31 Å². The van der Waals surface area contributed by atoms with Gasteiger partial charge < -0.3 is 0 Å². The first-order valence-electron chi connectivity index (χ1n) is 6.72. The van der Waals surface area contributed by atoms with E-state index in [2.05, 4.69) is 0 Å². The summed E-state index contributed by atoms with van der Waals surface area (Å²) < 4.78 is 38.9. The Kier molecular flexibility index (Phi) is 5.61. The smallest absolute Gasteiger partial charge is 0.212 e. The summed E-state index contributed by atoms with van der Waals surface area (Å²) in [5.41, 5.74) is 1.51. The number of sulfonamides is 1. The fraction of sp³-hybridized carbons (Fsp3) is 0.250. The van der Waals surface area contributed by atoms with Crippen molar-refractivity contribution >= 4 is 21.8 Å². The van der Waals surface area contributed by atoms with Gasteiger partial charge in [-0.1, -0.05) is 24.3 Å². The lowest BCUT2D eigenvalue weighted by atomic mass is 10.2. The average Bonchev–Trinajstić information content (AvgIpc) is 2.50. The largest absolute Gasteiger partial charge is 0.218 e. The molecule has 2 aromatic rings. The first kappa shape index (κ1) is 17.0. The zero-order valence-corrected chi connectivity index (χ0v) is 14.1. The topological polar surface area (TPSA) is 37.4 Å². The summed E-state index contributed by atoms with van der Waals surface area (Å²) >= 11 is 1.64. The van der Waals surface area contributed by atoms with Crippen molar-refractivity contribution in [2.45, 2.75) is 17.2 Å². The van der Waals surface area contributed by atoms with Gasteiger partial charge in [0.2, 0.25) is 10.0 Å². The number of hydrogen-bond acceptors (Lipinski definition) is 3. The summed E-state index contributed by atoms with van der Waals surface area (Å²) in [4.78, 5) is 1.14. The molecule has 0 atom stereocenters. The number of nitrogens with zero attached hydrogens (tertiary/aromatic N) is 1. The van der Waals surface area contributed by atoms with Gasteiger partial charge in [0.25, 0.3) is 0 Å². The molecule has 0 aromatic heterocycles. The number of benzene rings is 2.